The highest BCUT2D eigenvalue weighted by molar-refractivity contribution is 4.72. The lowest BCUT2D eigenvalue weighted by atomic mass is 10.1. The van der Waals surface area contributed by atoms with Gasteiger partial charge in [-0.3, -0.25) is 4.90 Å². The molecule has 0 amide bonds. The van der Waals surface area contributed by atoms with E-state index in [1.54, 1.807) is 0 Å². The fourth-order valence-corrected chi connectivity index (χ4v) is 13.3. The molecule has 0 atom stereocenters. The van der Waals surface area contributed by atoms with Crippen LogP contribution in [0.3, 0.4) is 0 Å². The zero-order valence-corrected chi connectivity index (χ0v) is 59.4. The minimum atomic E-state index is 1.27. The largest absolute Gasteiger partial charge is 0.302 e. The molecule has 0 spiro atoms. The van der Waals surface area contributed by atoms with Crippen LogP contribution in [0.5, 0.6) is 0 Å². The van der Waals surface area contributed by atoms with Crippen LogP contribution in [0.1, 0.15) is 433 Å². The molecule has 4 nitrogen and oxygen atoms in total. The van der Waals surface area contributed by atoms with Crippen molar-refractivity contribution in [1.82, 2.24) is 19.6 Å². The Bertz CT molecular complexity index is 1090. The van der Waals surface area contributed by atoms with Crippen LogP contribution >= 0.6 is 0 Å². The first kappa shape index (κ1) is 82.8. The smallest absolute Gasteiger partial charge is 0.0110 e. The second kappa shape index (κ2) is 74.3. The van der Waals surface area contributed by atoms with Crippen molar-refractivity contribution < 1.29 is 0 Å². The molecular formula is C79H164N4. The van der Waals surface area contributed by atoms with Crippen LogP contribution in [-0.4, -0.2) is 98.1 Å². The SMILES string of the molecule is CCCCCCCCCCCCCCN(CCCCCCCCCCCC)CCN(CCN(CCCCCCCCCCC)CCCCCCCCCCCC)CCN(CCCCCCCCCCCC)CCCCCCCCCCCC. The third-order valence-corrected chi connectivity index (χ3v) is 19.4. The quantitative estimate of drug-likeness (QED) is 0.0563. The summed E-state index contributed by atoms with van der Waals surface area (Å²) in [5.41, 5.74) is 0. The highest BCUT2D eigenvalue weighted by Crippen LogP contribution is 2.18. The van der Waals surface area contributed by atoms with E-state index >= 15 is 0 Å². The summed E-state index contributed by atoms with van der Waals surface area (Å²) in [6.45, 7) is 29.7. The highest BCUT2D eigenvalue weighted by Gasteiger charge is 2.15. The van der Waals surface area contributed by atoms with Crippen molar-refractivity contribution in [3.63, 3.8) is 0 Å². The minimum Gasteiger partial charge on any atom is -0.302 e. The van der Waals surface area contributed by atoms with Gasteiger partial charge in [-0.2, -0.15) is 0 Å². The molecular weight excluding hydrogens is 1000 g/mol. The fraction of sp³-hybridized carbons (Fsp3) is 1.00. The Labute approximate surface area is 528 Å². The molecule has 0 fully saturated rings. The van der Waals surface area contributed by atoms with E-state index in [0.29, 0.717) is 0 Å². The summed E-state index contributed by atoms with van der Waals surface area (Å²) in [5.74, 6) is 0. The number of hydrogen-bond donors (Lipinski definition) is 0. The molecule has 0 N–H and O–H groups in total. The van der Waals surface area contributed by atoms with Gasteiger partial charge in [0.25, 0.3) is 0 Å². The van der Waals surface area contributed by atoms with E-state index in [1.165, 1.54) is 470 Å². The average molecular weight is 1170 g/mol. The van der Waals surface area contributed by atoms with Crippen molar-refractivity contribution in [2.24, 2.45) is 0 Å². The lowest BCUT2D eigenvalue weighted by molar-refractivity contribution is 0.150. The molecule has 0 bridgehead atoms. The number of nitrogens with zero attached hydrogens (tertiary/aromatic N) is 4. The maximum atomic E-state index is 3.01. The second-order valence-corrected chi connectivity index (χ2v) is 27.8. The van der Waals surface area contributed by atoms with Gasteiger partial charge in [-0.25, -0.2) is 0 Å². The van der Waals surface area contributed by atoms with Gasteiger partial charge in [-0.1, -0.05) is 395 Å². The van der Waals surface area contributed by atoms with Gasteiger partial charge >= 0.3 is 0 Å². The van der Waals surface area contributed by atoms with E-state index in [9.17, 15) is 0 Å². The summed E-state index contributed by atoms with van der Waals surface area (Å²) in [5, 5.41) is 0. The minimum absolute atomic E-state index is 1.27. The Morgan fingerprint density at radius 3 is 0.289 bits per heavy atom. The Morgan fingerprint density at radius 2 is 0.181 bits per heavy atom. The summed E-state index contributed by atoms with van der Waals surface area (Å²) < 4.78 is 0. The van der Waals surface area contributed by atoms with Crippen LogP contribution in [-0.2, 0) is 0 Å². The second-order valence-electron chi connectivity index (χ2n) is 27.8. The molecule has 0 saturated carbocycles. The Kier molecular flexibility index (Phi) is 74.2. The summed E-state index contributed by atoms with van der Waals surface area (Å²) in [6, 6.07) is 0. The number of hydrogen-bond acceptors (Lipinski definition) is 4. The van der Waals surface area contributed by atoms with E-state index < -0.39 is 0 Å². The van der Waals surface area contributed by atoms with Gasteiger partial charge in [0.1, 0.15) is 0 Å². The molecule has 0 unspecified atom stereocenters. The third kappa shape index (κ3) is 67.6. The zero-order valence-electron chi connectivity index (χ0n) is 59.4. The average Bonchev–Trinajstić information content (AvgIpc) is 3.49. The monoisotopic (exact) mass is 1170 g/mol. The molecule has 4 heteroatoms. The first-order valence-corrected chi connectivity index (χ1v) is 40.0. The molecule has 0 aromatic rings. The van der Waals surface area contributed by atoms with Gasteiger partial charge < -0.3 is 14.7 Å². The molecule has 0 heterocycles. The molecule has 0 aliphatic rings. The predicted octanol–water partition coefficient (Wildman–Crippen LogP) is 26.1. The summed E-state index contributed by atoms with van der Waals surface area (Å²) >= 11 is 0. The van der Waals surface area contributed by atoms with Gasteiger partial charge in [0.2, 0.25) is 0 Å². The van der Waals surface area contributed by atoms with Gasteiger partial charge in [-0.15, -0.1) is 0 Å². The van der Waals surface area contributed by atoms with Crippen molar-refractivity contribution in [1.29, 1.82) is 0 Å². The first-order valence-electron chi connectivity index (χ1n) is 40.0. The Hall–Kier alpha value is -0.160. The predicted molar refractivity (Wildman–Crippen MR) is 381 cm³/mol. The van der Waals surface area contributed by atoms with E-state index in [0.717, 1.165) is 0 Å². The van der Waals surface area contributed by atoms with Crippen LogP contribution in [0.2, 0.25) is 0 Å². The molecule has 0 aliphatic carbocycles. The van der Waals surface area contributed by atoms with E-state index in [4.69, 9.17) is 0 Å². The van der Waals surface area contributed by atoms with Gasteiger partial charge in [0.15, 0.2) is 0 Å². The van der Waals surface area contributed by atoms with E-state index in [2.05, 4.69) is 61.1 Å². The van der Waals surface area contributed by atoms with E-state index in [1.807, 2.05) is 0 Å². The van der Waals surface area contributed by atoms with Crippen molar-refractivity contribution in [2.75, 3.05) is 78.5 Å². The van der Waals surface area contributed by atoms with Gasteiger partial charge in [0, 0.05) is 39.3 Å². The maximum absolute atomic E-state index is 3.01. The molecule has 0 rings (SSSR count). The van der Waals surface area contributed by atoms with Gasteiger partial charge in [0.05, 0.1) is 0 Å². The zero-order chi connectivity index (χ0) is 59.9. The summed E-state index contributed by atoms with van der Waals surface area (Å²) in [4.78, 5) is 11.9. The fourth-order valence-electron chi connectivity index (χ4n) is 13.3. The lowest BCUT2D eigenvalue weighted by Gasteiger charge is -2.32. The van der Waals surface area contributed by atoms with Crippen LogP contribution in [0.4, 0.5) is 0 Å². The van der Waals surface area contributed by atoms with Crippen molar-refractivity contribution in [3.05, 3.63) is 0 Å². The molecule has 500 valence electrons. The lowest BCUT2D eigenvalue weighted by Crippen LogP contribution is -2.44. The van der Waals surface area contributed by atoms with Crippen LogP contribution in [0.15, 0.2) is 0 Å². The van der Waals surface area contributed by atoms with Gasteiger partial charge in [-0.05, 0) is 77.8 Å². The summed E-state index contributed by atoms with van der Waals surface area (Å²) in [6.07, 6.45) is 87.9. The highest BCUT2D eigenvalue weighted by atomic mass is 15.2. The van der Waals surface area contributed by atoms with Crippen molar-refractivity contribution in [3.8, 4) is 0 Å². The van der Waals surface area contributed by atoms with Crippen molar-refractivity contribution >= 4 is 0 Å². The number of rotatable bonds is 76. The third-order valence-electron chi connectivity index (χ3n) is 19.4. The van der Waals surface area contributed by atoms with Crippen LogP contribution in [0.25, 0.3) is 0 Å². The van der Waals surface area contributed by atoms with Crippen LogP contribution < -0.4 is 0 Å². The molecule has 0 aromatic carbocycles. The first-order chi connectivity index (χ1) is 41.1. The molecule has 83 heavy (non-hydrogen) atoms. The topological polar surface area (TPSA) is 13.0 Å². The Balaban J connectivity index is 6.12. The van der Waals surface area contributed by atoms with Crippen LogP contribution in [0, 0.1) is 0 Å². The molecule has 0 radical (unpaired) electrons. The molecule has 0 saturated heterocycles. The Morgan fingerprint density at radius 1 is 0.0964 bits per heavy atom. The van der Waals surface area contributed by atoms with Crippen molar-refractivity contribution in [2.45, 2.75) is 433 Å². The normalized spacial score (nSPS) is 12.1. The molecule has 0 aliphatic heterocycles. The summed E-state index contributed by atoms with van der Waals surface area (Å²) in [7, 11) is 0. The van der Waals surface area contributed by atoms with E-state index in [-0.39, 0.29) is 0 Å². The number of unbranched alkanes of at least 4 members (excludes halogenated alkanes) is 55. The standard InChI is InChI=1S/C79H164N4/c1-7-13-19-25-31-37-42-43-49-55-61-67-73-82(72-66-60-54-48-41-35-29-23-17-11-5)76-79-83(77-74-80(68-62-56-50-44-36-30-24-18-12-6)69-63-57-51-45-38-32-26-20-14-8-2)78-75-81(70-64-58-52-46-39-33-27-21-15-9-3)71-65-59-53-47-40-34-28-22-16-10-4/h7-79H2,1-6H3. The maximum Gasteiger partial charge on any atom is 0.0110 e. The molecule has 0 aromatic heterocycles.